The maximum atomic E-state index is 6.05. The van der Waals surface area contributed by atoms with Crippen molar-refractivity contribution in [2.75, 3.05) is 32.0 Å². The number of likely N-dealkylation sites (tertiary alicyclic amines) is 1. The minimum atomic E-state index is 0.0563. The second-order valence-corrected chi connectivity index (χ2v) is 10.1. The van der Waals surface area contributed by atoms with Gasteiger partial charge >= 0.3 is 0 Å². The van der Waals surface area contributed by atoms with E-state index in [-0.39, 0.29) is 6.10 Å². The number of rotatable bonds is 6. The number of piperidine rings is 1. The van der Waals surface area contributed by atoms with Crippen LogP contribution in [0.3, 0.4) is 0 Å². The molecule has 4 heterocycles. The third kappa shape index (κ3) is 3.42. The Kier molecular flexibility index (Phi) is 4.72. The van der Waals surface area contributed by atoms with Crippen LogP contribution in [0.4, 0.5) is 5.82 Å². The van der Waals surface area contributed by atoms with Crippen LogP contribution in [0.15, 0.2) is 18.3 Å². The number of hydrogen-bond acceptors (Lipinski definition) is 6. The molecule has 2 aliphatic heterocycles. The van der Waals surface area contributed by atoms with E-state index in [0.717, 1.165) is 36.3 Å². The van der Waals surface area contributed by atoms with Crippen LogP contribution < -0.4 is 10.5 Å². The van der Waals surface area contributed by atoms with Gasteiger partial charge < -0.3 is 15.2 Å². The summed E-state index contributed by atoms with van der Waals surface area (Å²) in [5.41, 5.74) is 9.47. The molecular weight excluding hydrogens is 390 g/mol. The SMILES string of the molecule is CC(C)Oc1cc(-c2cc([C@H]3[C@@H]4CN(C5COC5)C[C@@H]43)n(C3CCCC3)n2)cnc1N. The molecule has 0 radical (unpaired) electrons. The highest BCUT2D eigenvalue weighted by Crippen LogP contribution is 2.59. The van der Waals surface area contributed by atoms with Crippen molar-refractivity contribution in [2.24, 2.45) is 11.8 Å². The van der Waals surface area contributed by atoms with E-state index in [9.17, 15) is 0 Å². The Hall–Kier alpha value is -2.12. The monoisotopic (exact) mass is 423 g/mol. The van der Waals surface area contributed by atoms with Crippen molar-refractivity contribution in [3.8, 4) is 17.0 Å². The molecule has 2 saturated heterocycles. The molecule has 0 aromatic carbocycles. The fourth-order valence-corrected chi connectivity index (χ4v) is 5.91. The number of aromatic nitrogens is 3. The number of fused-ring (bicyclic) bond motifs is 1. The molecule has 0 amide bonds. The summed E-state index contributed by atoms with van der Waals surface area (Å²) in [6.07, 6.45) is 6.98. The van der Waals surface area contributed by atoms with E-state index >= 15 is 0 Å². The zero-order valence-corrected chi connectivity index (χ0v) is 18.5. The van der Waals surface area contributed by atoms with Crippen LogP contribution in [-0.4, -0.2) is 58.1 Å². The summed E-state index contributed by atoms with van der Waals surface area (Å²) < 4.78 is 13.7. The molecule has 0 unspecified atom stereocenters. The summed E-state index contributed by atoms with van der Waals surface area (Å²) >= 11 is 0. The second kappa shape index (κ2) is 7.48. The largest absolute Gasteiger partial charge is 0.487 e. The van der Waals surface area contributed by atoms with Crippen LogP contribution in [0.5, 0.6) is 5.75 Å². The van der Waals surface area contributed by atoms with Crippen molar-refractivity contribution in [3.63, 3.8) is 0 Å². The number of nitrogens with two attached hydrogens (primary N) is 1. The zero-order chi connectivity index (χ0) is 21.1. The lowest BCUT2D eigenvalue weighted by atomic mass is 10.1. The summed E-state index contributed by atoms with van der Waals surface area (Å²) in [4.78, 5) is 7.04. The molecule has 2 aromatic heterocycles. The van der Waals surface area contributed by atoms with E-state index in [4.69, 9.17) is 20.3 Å². The van der Waals surface area contributed by atoms with Gasteiger partial charge in [-0.15, -0.1) is 0 Å². The van der Waals surface area contributed by atoms with Crippen LogP contribution >= 0.6 is 0 Å². The van der Waals surface area contributed by atoms with Gasteiger partial charge in [-0.2, -0.15) is 5.10 Å². The highest BCUT2D eigenvalue weighted by atomic mass is 16.5. The fourth-order valence-electron chi connectivity index (χ4n) is 5.91. The molecule has 166 valence electrons. The maximum absolute atomic E-state index is 6.05. The molecule has 4 fully saturated rings. The molecule has 7 nitrogen and oxygen atoms in total. The van der Waals surface area contributed by atoms with Gasteiger partial charge in [0.25, 0.3) is 0 Å². The van der Waals surface area contributed by atoms with Crippen molar-refractivity contribution in [1.29, 1.82) is 0 Å². The number of nitrogen functional groups attached to an aromatic ring is 1. The molecule has 4 aliphatic rings. The van der Waals surface area contributed by atoms with Gasteiger partial charge in [-0.1, -0.05) is 12.8 Å². The van der Waals surface area contributed by atoms with Gasteiger partial charge in [0.2, 0.25) is 0 Å². The number of hydrogen-bond donors (Lipinski definition) is 1. The lowest BCUT2D eigenvalue weighted by Crippen LogP contribution is -2.48. The molecule has 6 rings (SSSR count). The average molecular weight is 424 g/mol. The first-order valence-electron chi connectivity index (χ1n) is 11.9. The van der Waals surface area contributed by atoms with Gasteiger partial charge in [0, 0.05) is 36.5 Å². The van der Waals surface area contributed by atoms with Crippen LogP contribution in [0, 0.1) is 11.8 Å². The van der Waals surface area contributed by atoms with E-state index in [1.807, 2.05) is 26.1 Å². The molecule has 2 aliphatic carbocycles. The first kappa shape index (κ1) is 19.6. The minimum Gasteiger partial charge on any atom is -0.487 e. The van der Waals surface area contributed by atoms with Crippen LogP contribution in [0.2, 0.25) is 0 Å². The van der Waals surface area contributed by atoms with Crippen molar-refractivity contribution < 1.29 is 9.47 Å². The quantitative estimate of drug-likeness (QED) is 0.766. The van der Waals surface area contributed by atoms with E-state index in [1.54, 1.807) is 0 Å². The van der Waals surface area contributed by atoms with Gasteiger partial charge in [0.05, 0.1) is 37.1 Å². The number of pyridine rings is 1. The summed E-state index contributed by atoms with van der Waals surface area (Å²) in [6, 6.07) is 5.52. The molecule has 2 aromatic rings. The van der Waals surface area contributed by atoms with Gasteiger partial charge in [-0.05, 0) is 50.7 Å². The molecule has 2 N–H and O–H groups in total. The van der Waals surface area contributed by atoms with Crippen molar-refractivity contribution in [1.82, 2.24) is 19.7 Å². The molecule has 0 spiro atoms. The van der Waals surface area contributed by atoms with E-state index in [0.29, 0.717) is 29.6 Å². The first-order chi connectivity index (χ1) is 15.1. The topological polar surface area (TPSA) is 78.4 Å². The Bertz CT molecular complexity index is 951. The summed E-state index contributed by atoms with van der Waals surface area (Å²) in [5.74, 6) is 3.27. The van der Waals surface area contributed by atoms with Crippen LogP contribution in [0.25, 0.3) is 11.3 Å². The Balaban J connectivity index is 1.29. The highest BCUT2D eigenvalue weighted by molar-refractivity contribution is 5.64. The predicted molar refractivity (Wildman–Crippen MR) is 119 cm³/mol. The average Bonchev–Trinajstić information content (AvgIpc) is 3.18. The zero-order valence-electron chi connectivity index (χ0n) is 18.5. The lowest BCUT2D eigenvalue weighted by Gasteiger charge is -2.35. The molecule has 7 heteroatoms. The van der Waals surface area contributed by atoms with Gasteiger partial charge in [0.1, 0.15) is 0 Å². The fraction of sp³-hybridized carbons (Fsp3) is 0.667. The molecule has 0 bridgehead atoms. The second-order valence-electron chi connectivity index (χ2n) is 10.1. The van der Waals surface area contributed by atoms with Crippen molar-refractivity contribution >= 4 is 5.82 Å². The van der Waals surface area contributed by atoms with Crippen molar-refractivity contribution in [2.45, 2.75) is 63.6 Å². The van der Waals surface area contributed by atoms with Crippen LogP contribution in [-0.2, 0) is 4.74 Å². The van der Waals surface area contributed by atoms with Crippen LogP contribution in [0.1, 0.15) is 57.2 Å². The number of ether oxygens (including phenoxy) is 2. The van der Waals surface area contributed by atoms with Crippen molar-refractivity contribution in [3.05, 3.63) is 24.0 Å². The Morgan fingerprint density at radius 2 is 1.84 bits per heavy atom. The molecule has 31 heavy (non-hydrogen) atoms. The number of anilines is 1. The third-order valence-corrected chi connectivity index (χ3v) is 7.68. The minimum absolute atomic E-state index is 0.0563. The maximum Gasteiger partial charge on any atom is 0.166 e. The van der Waals surface area contributed by atoms with E-state index < -0.39 is 0 Å². The Labute approximate surface area is 183 Å². The smallest absolute Gasteiger partial charge is 0.166 e. The summed E-state index contributed by atoms with van der Waals surface area (Å²) in [7, 11) is 0. The number of nitrogens with zero attached hydrogens (tertiary/aromatic N) is 4. The van der Waals surface area contributed by atoms with Gasteiger partial charge in [-0.25, -0.2) is 4.98 Å². The molecular formula is C24H33N5O2. The third-order valence-electron chi connectivity index (χ3n) is 7.68. The van der Waals surface area contributed by atoms with Gasteiger partial charge in [0.15, 0.2) is 11.6 Å². The Morgan fingerprint density at radius 3 is 2.48 bits per heavy atom. The summed E-state index contributed by atoms with van der Waals surface area (Å²) in [6.45, 7) is 8.26. The molecule has 2 saturated carbocycles. The first-order valence-corrected chi connectivity index (χ1v) is 11.9. The highest BCUT2D eigenvalue weighted by Gasteiger charge is 2.59. The normalized spacial score (nSPS) is 28.8. The standard InChI is InChI=1S/C24H33N5O2/c1-14(2)31-22-7-15(9-26-24(22)25)20-8-21(29(27-20)16-5-3-4-6-16)23-18-10-28(11-19(18)23)17-12-30-13-17/h7-9,14,16-19,23H,3-6,10-13H2,1-2H3,(H2,25,26)/t18-,19+,23+. The van der Waals surface area contributed by atoms with E-state index in [2.05, 4.69) is 20.6 Å². The molecule has 3 atom stereocenters. The van der Waals surface area contributed by atoms with Gasteiger partial charge in [-0.3, -0.25) is 9.58 Å². The predicted octanol–water partition coefficient (Wildman–Crippen LogP) is 3.47. The lowest BCUT2D eigenvalue weighted by molar-refractivity contribution is -0.0610. The van der Waals surface area contributed by atoms with E-state index in [1.165, 1.54) is 44.5 Å². The Morgan fingerprint density at radius 1 is 1.10 bits per heavy atom. The summed E-state index contributed by atoms with van der Waals surface area (Å²) in [5, 5.41) is 5.13.